The minimum atomic E-state index is -1.51. The number of hydrogen-bond acceptors (Lipinski definition) is 7. The van der Waals surface area contributed by atoms with Crippen LogP contribution >= 0.6 is 0 Å². The molecule has 0 heterocycles. The van der Waals surface area contributed by atoms with Gasteiger partial charge in [-0.1, -0.05) is 364 Å². The van der Waals surface area contributed by atoms with Gasteiger partial charge >= 0.3 is 17.9 Å². The van der Waals surface area contributed by atoms with E-state index in [1.165, 1.54) is 289 Å². The van der Waals surface area contributed by atoms with E-state index in [2.05, 4.69) is 62.5 Å². The van der Waals surface area contributed by atoms with E-state index in [1.807, 2.05) is 21.1 Å². The van der Waals surface area contributed by atoms with E-state index < -0.39 is 18.4 Å². The van der Waals surface area contributed by atoms with Crippen LogP contribution < -0.4 is 0 Å². The molecule has 2 atom stereocenters. The lowest BCUT2D eigenvalue weighted by Crippen LogP contribution is -2.40. The zero-order valence-electron chi connectivity index (χ0n) is 59.2. The molecular formula is C79H148NO8+. The van der Waals surface area contributed by atoms with E-state index in [4.69, 9.17) is 18.9 Å². The fraction of sp³-hybridized carbons (Fsp3) is 0.861. The van der Waals surface area contributed by atoms with E-state index in [-0.39, 0.29) is 38.2 Å². The van der Waals surface area contributed by atoms with Gasteiger partial charge in [0.25, 0.3) is 6.29 Å². The topological polar surface area (TPSA) is 108 Å². The Morgan fingerprint density at radius 1 is 0.352 bits per heavy atom. The molecule has 0 aromatic rings. The molecule has 0 aliphatic carbocycles. The second-order valence-electron chi connectivity index (χ2n) is 27.3. The summed E-state index contributed by atoms with van der Waals surface area (Å²) in [7, 11) is 6.00. The van der Waals surface area contributed by atoms with Crippen LogP contribution in [0.4, 0.5) is 0 Å². The van der Waals surface area contributed by atoms with Crippen LogP contribution in [0.1, 0.15) is 380 Å². The van der Waals surface area contributed by atoms with E-state index in [0.717, 1.165) is 64.2 Å². The molecule has 0 saturated carbocycles. The number of carboxylic acid groups (broad SMARTS) is 1. The van der Waals surface area contributed by atoms with Gasteiger partial charge in [-0.3, -0.25) is 9.59 Å². The summed E-state index contributed by atoms with van der Waals surface area (Å²) < 4.78 is 23.0. The van der Waals surface area contributed by atoms with E-state index in [1.54, 1.807) is 0 Å². The number of hydrogen-bond donors (Lipinski definition) is 1. The zero-order chi connectivity index (χ0) is 64.0. The van der Waals surface area contributed by atoms with Crippen molar-refractivity contribution in [3.8, 4) is 0 Å². The third-order valence-corrected chi connectivity index (χ3v) is 17.3. The highest BCUT2D eigenvalue weighted by atomic mass is 16.7. The normalized spacial score (nSPS) is 12.9. The van der Waals surface area contributed by atoms with Crippen LogP contribution in [0.15, 0.2) is 48.6 Å². The van der Waals surface area contributed by atoms with Crippen LogP contribution in [-0.2, 0) is 33.3 Å². The van der Waals surface area contributed by atoms with Gasteiger partial charge in [0.2, 0.25) is 0 Å². The predicted molar refractivity (Wildman–Crippen MR) is 378 cm³/mol. The molecule has 1 N–H and O–H groups in total. The molecule has 0 aromatic carbocycles. The van der Waals surface area contributed by atoms with Crippen molar-refractivity contribution in [1.82, 2.24) is 0 Å². The maximum atomic E-state index is 13.0. The van der Waals surface area contributed by atoms with Crippen molar-refractivity contribution in [2.75, 3.05) is 47.5 Å². The number of esters is 2. The molecule has 88 heavy (non-hydrogen) atoms. The number of likely N-dealkylation sites (N-methyl/N-ethyl adjacent to an activating group) is 1. The number of carbonyl (C=O) groups excluding carboxylic acids is 2. The Kier molecular flexibility index (Phi) is 67.9. The standard InChI is InChI=1S/C79H147NO8/c1-6-8-10-12-14-16-18-20-22-24-26-28-30-32-33-34-35-36-37-38-39-40-41-42-43-44-45-46-48-50-52-54-56-58-60-62-64-66-68-70-77(82)88-75(74-87-79(78(83)84)85-72-71-80(3,4)5)73-86-76(81)69-67-65-63-61-59-57-55-53-51-49-47-31-29-27-25-23-21-19-17-15-13-11-9-7-2/h8,10,14,16,20,22,26,28,75,79H,6-7,9,11-13,15,17-19,21,23-25,27,29-74H2,1-5H3/p+1/b10-8-,16-14-,22-20-,28-26-. The Morgan fingerprint density at radius 2 is 0.648 bits per heavy atom. The first-order valence-electron chi connectivity index (χ1n) is 38.3. The molecule has 9 heteroatoms. The Morgan fingerprint density at radius 3 is 0.966 bits per heavy atom. The maximum Gasteiger partial charge on any atom is 0.361 e. The number of ether oxygens (including phenoxy) is 4. The van der Waals surface area contributed by atoms with Crippen molar-refractivity contribution in [2.24, 2.45) is 0 Å². The van der Waals surface area contributed by atoms with Gasteiger partial charge in [-0.2, -0.15) is 0 Å². The van der Waals surface area contributed by atoms with E-state index >= 15 is 0 Å². The number of nitrogens with zero attached hydrogens (tertiary/aromatic N) is 1. The molecule has 0 spiro atoms. The van der Waals surface area contributed by atoms with Gasteiger partial charge < -0.3 is 28.5 Å². The SMILES string of the molecule is CC/C=C\C/C=C\C/C=C\C/C=C\CCCCCCCCCCCCCCCCCCCCCCCCCCCCC(=O)OC(COC(=O)CCCCCCCCCCCCCCCCCCCCCCCCCC)COC(OCC[N+](C)(C)C)C(=O)O. The molecular weight excluding hydrogens is 1090 g/mol. The van der Waals surface area contributed by atoms with Gasteiger partial charge in [0.1, 0.15) is 13.2 Å². The monoisotopic (exact) mass is 1240 g/mol. The van der Waals surface area contributed by atoms with Crippen molar-refractivity contribution in [1.29, 1.82) is 0 Å². The van der Waals surface area contributed by atoms with Crippen molar-refractivity contribution < 1.29 is 42.9 Å². The van der Waals surface area contributed by atoms with Crippen LogP contribution in [0, 0.1) is 0 Å². The lowest BCUT2D eigenvalue weighted by molar-refractivity contribution is -0.870. The highest BCUT2D eigenvalue weighted by molar-refractivity contribution is 5.71. The van der Waals surface area contributed by atoms with Crippen LogP contribution in [0.3, 0.4) is 0 Å². The Bertz CT molecular complexity index is 1580. The van der Waals surface area contributed by atoms with Crippen LogP contribution in [0.25, 0.3) is 0 Å². The highest BCUT2D eigenvalue weighted by Crippen LogP contribution is 2.20. The van der Waals surface area contributed by atoms with Crippen molar-refractivity contribution in [3.63, 3.8) is 0 Å². The average Bonchev–Trinajstić information content (AvgIpc) is 3.52. The molecule has 0 radical (unpaired) electrons. The number of quaternary nitrogens is 1. The third-order valence-electron chi connectivity index (χ3n) is 17.3. The first-order valence-corrected chi connectivity index (χ1v) is 38.3. The van der Waals surface area contributed by atoms with E-state index in [9.17, 15) is 19.5 Å². The third kappa shape index (κ3) is 70.7. The summed E-state index contributed by atoms with van der Waals surface area (Å²) in [5, 5.41) is 9.76. The largest absolute Gasteiger partial charge is 0.477 e. The number of allylic oxidation sites excluding steroid dienone is 8. The summed E-state index contributed by atoms with van der Waals surface area (Å²) >= 11 is 0. The molecule has 0 amide bonds. The number of unbranched alkanes of at least 4 members (excludes halogenated alkanes) is 49. The van der Waals surface area contributed by atoms with Gasteiger partial charge in [0.05, 0.1) is 34.4 Å². The smallest absolute Gasteiger partial charge is 0.361 e. The average molecular weight is 1240 g/mol. The summed E-state index contributed by atoms with van der Waals surface area (Å²) in [6, 6.07) is 0. The minimum absolute atomic E-state index is 0.175. The fourth-order valence-electron chi connectivity index (χ4n) is 11.5. The summed E-state index contributed by atoms with van der Waals surface area (Å²) in [4.78, 5) is 37.7. The lowest BCUT2D eigenvalue weighted by atomic mass is 10.0. The fourth-order valence-corrected chi connectivity index (χ4v) is 11.5. The Labute approximate surface area is 546 Å². The summed E-state index contributed by atoms with van der Waals surface area (Å²) in [5.74, 6) is -1.97. The summed E-state index contributed by atoms with van der Waals surface area (Å²) in [5.41, 5.74) is 0. The molecule has 0 rings (SSSR count). The van der Waals surface area contributed by atoms with Gasteiger partial charge in [-0.15, -0.1) is 0 Å². The zero-order valence-corrected chi connectivity index (χ0v) is 59.2. The number of carboxylic acids is 1. The molecule has 0 fully saturated rings. The van der Waals surface area contributed by atoms with Crippen molar-refractivity contribution in [2.45, 2.75) is 392 Å². The van der Waals surface area contributed by atoms with Crippen LogP contribution in [0.2, 0.25) is 0 Å². The van der Waals surface area contributed by atoms with Crippen molar-refractivity contribution in [3.05, 3.63) is 48.6 Å². The number of rotatable bonds is 72. The van der Waals surface area contributed by atoms with Gasteiger partial charge in [0, 0.05) is 12.8 Å². The second kappa shape index (κ2) is 70.1. The van der Waals surface area contributed by atoms with Crippen LogP contribution in [0.5, 0.6) is 0 Å². The molecule has 0 aliphatic rings. The quantitative estimate of drug-likeness (QED) is 0.0211. The summed E-state index contributed by atoms with van der Waals surface area (Å²) in [6.07, 6.45) is 88.3. The molecule has 0 aromatic heterocycles. The van der Waals surface area contributed by atoms with Gasteiger partial charge in [0.15, 0.2) is 6.10 Å². The van der Waals surface area contributed by atoms with Gasteiger partial charge in [-0.25, -0.2) is 4.79 Å². The molecule has 0 aliphatic heterocycles. The molecule has 516 valence electrons. The number of carbonyl (C=O) groups is 3. The molecule has 0 bridgehead atoms. The van der Waals surface area contributed by atoms with Crippen LogP contribution in [-0.4, -0.2) is 87.4 Å². The highest BCUT2D eigenvalue weighted by Gasteiger charge is 2.25. The Hall–Kier alpha value is -2.75. The minimum Gasteiger partial charge on any atom is -0.477 e. The molecule has 2 unspecified atom stereocenters. The molecule has 9 nitrogen and oxygen atoms in total. The maximum absolute atomic E-state index is 13.0. The van der Waals surface area contributed by atoms with E-state index in [0.29, 0.717) is 17.4 Å². The van der Waals surface area contributed by atoms with Gasteiger partial charge in [-0.05, 0) is 51.4 Å². The first kappa shape index (κ1) is 85.2. The summed E-state index contributed by atoms with van der Waals surface area (Å²) in [6.45, 7) is 4.84. The first-order chi connectivity index (χ1) is 43.1. The number of aliphatic carboxylic acids is 1. The molecule has 0 saturated heterocycles. The predicted octanol–water partition coefficient (Wildman–Crippen LogP) is 24.1. The lowest BCUT2D eigenvalue weighted by Gasteiger charge is -2.25. The Balaban J connectivity index is 3.96. The second-order valence-corrected chi connectivity index (χ2v) is 27.3. The van der Waals surface area contributed by atoms with Crippen molar-refractivity contribution >= 4 is 17.9 Å².